The van der Waals surface area contributed by atoms with Gasteiger partial charge in [-0.3, -0.25) is 5.43 Å². The molecule has 0 radical (unpaired) electrons. The number of benzene rings is 2. The number of hydrogen-bond acceptors (Lipinski definition) is 3. The van der Waals surface area contributed by atoms with Crippen LogP contribution in [-0.2, 0) is 0 Å². The third-order valence-corrected chi connectivity index (χ3v) is 4.53. The number of rotatable bonds is 4. The van der Waals surface area contributed by atoms with Crippen LogP contribution in [0.25, 0.3) is 0 Å². The topological polar surface area (TPSA) is 27.6 Å². The van der Waals surface area contributed by atoms with Crippen molar-refractivity contribution in [2.24, 2.45) is 5.10 Å². The fourth-order valence-corrected chi connectivity index (χ4v) is 3.03. The predicted molar refractivity (Wildman–Crippen MR) is 99.3 cm³/mol. The van der Waals surface area contributed by atoms with Crippen LogP contribution in [0.2, 0.25) is 0 Å². The SMILES string of the molecule is C/C(=N/Nc1ccc(F)cc1F)c1ccc(N2CCCCCC2)cc1. The summed E-state index contributed by atoms with van der Waals surface area (Å²) < 4.78 is 26.5. The molecule has 132 valence electrons. The minimum Gasteiger partial charge on any atom is -0.372 e. The summed E-state index contributed by atoms with van der Waals surface area (Å²) >= 11 is 0. The average Bonchev–Trinajstić information content (AvgIpc) is 2.90. The molecule has 0 spiro atoms. The monoisotopic (exact) mass is 343 g/mol. The summed E-state index contributed by atoms with van der Waals surface area (Å²) in [4.78, 5) is 2.43. The van der Waals surface area contributed by atoms with Gasteiger partial charge in [-0.25, -0.2) is 8.78 Å². The summed E-state index contributed by atoms with van der Waals surface area (Å²) in [5, 5.41) is 4.20. The van der Waals surface area contributed by atoms with Gasteiger partial charge < -0.3 is 4.90 Å². The molecule has 2 aromatic rings. The molecule has 3 nitrogen and oxygen atoms in total. The Morgan fingerprint density at radius 3 is 2.28 bits per heavy atom. The number of nitrogens with one attached hydrogen (secondary N) is 1. The quantitative estimate of drug-likeness (QED) is 0.612. The molecular formula is C20H23F2N3. The van der Waals surface area contributed by atoms with Crippen LogP contribution in [0.3, 0.4) is 0 Å². The Balaban J connectivity index is 1.68. The molecule has 3 rings (SSSR count). The molecule has 1 N–H and O–H groups in total. The highest BCUT2D eigenvalue weighted by molar-refractivity contribution is 5.99. The van der Waals surface area contributed by atoms with E-state index in [0.29, 0.717) is 0 Å². The maximum atomic E-state index is 13.6. The van der Waals surface area contributed by atoms with Crippen molar-refractivity contribution in [3.05, 3.63) is 59.7 Å². The van der Waals surface area contributed by atoms with Crippen LogP contribution >= 0.6 is 0 Å². The second-order valence-corrected chi connectivity index (χ2v) is 6.38. The normalized spacial score (nSPS) is 15.8. The lowest BCUT2D eigenvalue weighted by Gasteiger charge is -2.22. The zero-order chi connectivity index (χ0) is 17.6. The smallest absolute Gasteiger partial charge is 0.151 e. The summed E-state index contributed by atoms with van der Waals surface area (Å²) in [5.41, 5.74) is 5.76. The van der Waals surface area contributed by atoms with E-state index in [1.165, 1.54) is 43.5 Å². The van der Waals surface area contributed by atoms with Gasteiger partial charge >= 0.3 is 0 Å². The van der Waals surface area contributed by atoms with Gasteiger partial charge in [-0.15, -0.1) is 0 Å². The van der Waals surface area contributed by atoms with E-state index in [4.69, 9.17) is 0 Å². The summed E-state index contributed by atoms with van der Waals surface area (Å²) in [5.74, 6) is -1.26. The van der Waals surface area contributed by atoms with Crippen LogP contribution < -0.4 is 10.3 Å². The van der Waals surface area contributed by atoms with Crippen molar-refractivity contribution >= 4 is 17.1 Å². The van der Waals surface area contributed by atoms with Gasteiger partial charge in [0.1, 0.15) is 5.82 Å². The number of halogens is 2. The van der Waals surface area contributed by atoms with Crippen molar-refractivity contribution in [1.29, 1.82) is 0 Å². The van der Waals surface area contributed by atoms with E-state index >= 15 is 0 Å². The molecule has 0 unspecified atom stereocenters. The highest BCUT2D eigenvalue weighted by Crippen LogP contribution is 2.20. The molecule has 0 saturated carbocycles. The lowest BCUT2D eigenvalue weighted by Crippen LogP contribution is -2.23. The molecular weight excluding hydrogens is 320 g/mol. The van der Waals surface area contributed by atoms with Gasteiger partial charge in [-0.2, -0.15) is 5.10 Å². The Kier molecular flexibility index (Phi) is 5.64. The van der Waals surface area contributed by atoms with Gasteiger partial charge in [-0.1, -0.05) is 25.0 Å². The van der Waals surface area contributed by atoms with Crippen molar-refractivity contribution in [2.45, 2.75) is 32.6 Å². The molecule has 0 amide bonds. The summed E-state index contributed by atoms with van der Waals surface area (Å²) in [7, 11) is 0. The first-order valence-corrected chi connectivity index (χ1v) is 8.74. The summed E-state index contributed by atoms with van der Waals surface area (Å²) in [6.07, 6.45) is 5.11. The molecule has 1 saturated heterocycles. The maximum Gasteiger partial charge on any atom is 0.151 e. The fourth-order valence-electron chi connectivity index (χ4n) is 3.03. The standard InChI is InChI=1S/C20H23F2N3/c1-15(23-24-20-11-8-17(21)14-19(20)22)16-6-9-18(10-7-16)25-12-4-2-3-5-13-25/h6-11,14,24H,2-5,12-13H2,1H3/b23-15-. The van der Waals surface area contributed by atoms with Crippen molar-refractivity contribution < 1.29 is 8.78 Å². The first-order valence-electron chi connectivity index (χ1n) is 8.74. The molecule has 1 aliphatic heterocycles. The van der Waals surface area contributed by atoms with Crippen LogP contribution in [0.5, 0.6) is 0 Å². The van der Waals surface area contributed by atoms with Crippen LogP contribution in [0.4, 0.5) is 20.2 Å². The van der Waals surface area contributed by atoms with Crippen LogP contribution in [0.15, 0.2) is 47.6 Å². The lowest BCUT2D eigenvalue weighted by atomic mass is 10.1. The molecule has 25 heavy (non-hydrogen) atoms. The Bertz CT molecular complexity index is 733. The van der Waals surface area contributed by atoms with Crippen molar-refractivity contribution in [3.8, 4) is 0 Å². The highest BCUT2D eigenvalue weighted by Gasteiger charge is 2.10. The fraction of sp³-hybridized carbons (Fsp3) is 0.350. The molecule has 0 bridgehead atoms. The Morgan fingerprint density at radius 2 is 1.64 bits per heavy atom. The van der Waals surface area contributed by atoms with Crippen molar-refractivity contribution in [2.75, 3.05) is 23.4 Å². The largest absolute Gasteiger partial charge is 0.372 e. The molecule has 2 aromatic carbocycles. The number of nitrogens with zero attached hydrogens (tertiary/aromatic N) is 2. The van der Waals surface area contributed by atoms with E-state index in [9.17, 15) is 8.78 Å². The lowest BCUT2D eigenvalue weighted by molar-refractivity contribution is 0.585. The Morgan fingerprint density at radius 1 is 0.960 bits per heavy atom. The number of hydrazone groups is 1. The van der Waals surface area contributed by atoms with Gasteiger partial charge in [0, 0.05) is 24.8 Å². The van der Waals surface area contributed by atoms with Gasteiger partial charge in [0.25, 0.3) is 0 Å². The zero-order valence-electron chi connectivity index (χ0n) is 14.4. The van der Waals surface area contributed by atoms with E-state index < -0.39 is 11.6 Å². The third-order valence-electron chi connectivity index (χ3n) is 4.53. The predicted octanol–water partition coefficient (Wildman–Crippen LogP) is 5.18. The second kappa shape index (κ2) is 8.10. The number of hydrogen-bond donors (Lipinski definition) is 1. The average molecular weight is 343 g/mol. The molecule has 1 fully saturated rings. The van der Waals surface area contributed by atoms with Gasteiger partial charge in [0.2, 0.25) is 0 Å². The van der Waals surface area contributed by atoms with Crippen molar-refractivity contribution in [1.82, 2.24) is 0 Å². The first-order chi connectivity index (χ1) is 12.1. The van der Waals surface area contributed by atoms with Gasteiger partial charge in [0.15, 0.2) is 5.82 Å². The summed E-state index contributed by atoms with van der Waals surface area (Å²) in [6, 6.07) is 11.7. The Hall–Kier alpha value is -2.43. The second-order valence-electron chi connectivity index (χ2n) is 6.38. The highest BCUT2D eigenvalue weighted by atomic mass is 19.1. The zero-order valence-corrected chi connectivity index (χ0v) is 14.4. The van der Waals surface area contributed by atoms with Crippen LogP contribution in [0, 0.1) is 11.6 Å². The molecule has 5 heteroatoms. The third kappa shape index (κ3) is 4.56. The molecule has 0 atom stereocenters. The van der Waals surface area contributed by atoms with Crippen molar-refractivity contribution in [3.63, 3.8) is 0 Å². The minimum absolute atomic E-state index is 0.155. The van der Waals surface area contributed by atoms with E-state index in [1.807, 2.05) is 19.1 Å². The summed E-state index contributed by atoms with van der Waals surface area (Å²) in [6.45, 7) is 4.07. The van der Waals surface area contributed by atoms with Gasteiger partial charge in [-0.05, 0) is 49.6 Å². The minimum atomic E-state index is -0.659. The van der Waals surface area contributed by atoms with Crippen LogP contribution in [-0.4, -0.2) is 18.8 Å². The van der Waals surface area contributed by atoms with E-state index in [0.717, 1.165) is 30.4 Å². The maximum absolute atomic E-state index is 13.6. The van der Waals surface area contributed by atoms with E-state index in [2.05, 4.69) is 27.6 Å². The van der Waals surface area contributed by atoms with Gasteiger partial charge in [0.05, 0.1) is 11.4 Å². The molecule has 0 aromatic heterocycles. The Labute approximate surface area is 147 Å². The van der Waals surface area contributed by atoms with Crippen LogP contribution in [0.1, 0.15) is 38.2 Å². The molecule has 0 aliphatic carbocycles. The molecule has 1 heterocycles. The van der Waals surface area contributed by atoms with E-state index in [-0.39, 0.29) is 5.69 Å². The number of anilines is 2. The molecule has 1 aliphatic rings. The first kappa shape index (κ1) is 17.4. The van der Waals surface area contributed by atoms with E-state index in [1.54, 1.807) is 0 Å².